The highest BCUT2D eigenvalue weighted by molar-refractivity contribution is 5.35. The van der Waals surface area contributed by atoms with Crippen molar-refractivity contribution in [1.82, 2.24) is 5.32 Å². The Hall–Kier alpha value is -0.820. The Morgan fingerprint density at radius 3 is 2.52 bits per heavy atom. The molecule has 0 heterocycles. The summed E-state index contributed by atoms with van der Waals surface area (Å²) in [5.74, 6) is 3.81. The summed E-state index contributed by atoms with van der Waals surface area (Å²) in [6.07, 6.45) is 20.3. The maximum Gasteiger partial charge on any atom is -0.00519 e. The lowest BCUT2D eigenvalue weighted by Gasteiger charge is -2.52. The molecule has 1 N–H and O–H groups in total. The number of hydrogen-bond acceptors (Lipinski definition) is 1. The molecule has 0 aliphatic heterocycles. The Morgan fingerprint density at radius 2 is 1.69 bits per heavy atom. The van der Waals surface area contributed by atoms with Gasteiger partial charge < -0.3 is 5.32 Å². The molecule has 0 radical (unpaired) electrons. The van der Waals surface area contributed by atoms with Crippen molar-refractivity contribution in [2.75, 3.05) is 13.6 Å². The van der Waals surface area contributed by atoms with Crippen LogP contribution in [0.15, 0.2) is 24.3 Å². The Morgan fingerprint density at radius 1 is 0.931 bits per heavy atom. The number of fused-ring (bicyclic) bond motifs is 5. The van der Waals surface area contributed by atoms with Crippen LogP contribution in [0.25, 0.3) is 0 Å². The van der Waals surface area contributed by atoms with Crippen molar-refractivity contribution < 1.29 is 0 Å². The topological polar surface area (TPSA) is 12.0 Å². The Labute approximate surface area is 180 Å². The minimum Gasteiger partial charge on any atom is -0.320 e. The van der Waals surface area contributed by atoms with Crippen LogP contribution in [-0.2, 0) is 6.42 Å². The van der Waals surface area contributed by atoms with Gasteiger partial charge >= 0.3 is 0 Å². The van der Waals surface area contributed by atoms with E-state index in [9.17, 15) is 0 Å². The van der Waals surface area contributed by atoms with Crippen LogP contribution in [0.2, 0.25) is 0 Å². The fraction of sp³-hybridized carbons (Fsp3) is 0.786. The second-order valence-corrected chi connectivity index (χ2v) is 10.9. The van der Waals surface area contributed by atoms with Gasteiger partial charge in [-0.1, -0.05) is 76.1 Å². The van der Waals surface area contributed by atoms with Crippen LogP contribution in [0.5, 0.6) is 0 Å². The second kappa shape index (κ2) is 9.99. The molecule has 3 aliphatic carbocycles. The third-order valence-corrected chi connectivity index (χ3v) is 9.10. The number of hydrogen-bond donors (Lipinski definition) is 1. The lowest BCUT2D eigenvalue weighted by Crippen LogP contribution is -2.44. The number of nitrogens with one attached hydrogen (secondary N) is 1. The zero-order valence-electron chi connectivity index (χ0n) is 19.2. The first-order chi connectivity index (χ1) is 14.2. The zero-order chi connectivity index (χ0) is 20.1. The number of unbranched alkanes of at least 4 members (excludes halogenated alkanes) is 6. The molecular formula is C28H45N. The predicted molar refractivity (Wildman–Crippen MR) is 125 cm³/mol. The molecule has 0 amide bonds. The fourth-order valence-corrected chi connectivity index (χ4v) is 7.59. The van der Waals surface area contributed by atoms with Crippen LogP contribution in [0, 0.1) is 23.2 Å². The highest BCUT2D eigenvalue weighted by atomic mass is 14.8. The number of rotatable bonds is 10. The SMILES string of the molecule is CNCCCCCCCCC[C@@H]1Cc2ccccc2[C@H]2CC[C@]3(C)CCC[C@H]3[C@H]12. The lowest BCUT2D eigenvalue weighted by atomic mass is 9.52. The monoisotopic (exact) mass is 395 g/mol. The van der Waals surface area contributed by atoms with Crippen molar-refractivity contribution in [1.29, 1.82) is 0 Å². The largest absolute Gasteiger partial charge is 0.320 e. The average molecular weight is 396 g/mol. The van der Waals surface area contributed by atoms with Gasteiger partial charge in [-0.05, 0) is 98.8 Å². The molecule has 2 fully saturated rings. The molecule has 29 heavy (non-hydrogen) atoms. The van der Waals surface area contributed by atoms with Crippen molar-refractivity contribution in [3.63, 3.8) is 0 Å². The summed E-state index contributed by atoms with van der Waals surface area (Å²) in [7, 11) is 2.06. The van der Waals surface area contributed by atoms with Gasteiger partial charge in [0.05, 0.1) is 0 Å². The van der Waals surface area contributed by atoms with E-state index in [-0.39, 0.29) is 0 Å². The number of benzene rings is 1. The van der Waals surface area contributed by atoms with Gasteiger partial charge in [-0.3, -0.25) is 0 Å². The summed E-state index contributed by atoms with van der Waals surface area (Å²) in [6.45, 7) is 3.83. The summed E-state index contributed by atoms with van der Waals surface area (Å²) in [6, 6.07) is 9.52. The summed E-state index contributed by atoms with van der Waals surface area (Å²) in [5, 5.41) is 3.26. The van der Waals surface area contributed by atoms with E-state index in [4.69, 9.17) is 0 Å². The first-order valence-electron chi connectivity index (χ1n) is 13.0. The molecule has 0 unspecified atom stereocenters. The maximum atomic E-state index is 3.26. The molecule has 1 nitrogen and oxygen atoms in total. The molecular weight excluding hydrogens is 350 g/mol. The van der Waals surface area contributed by atoms with Gasteiger partial charge in [0, 0.05) is 0 Å². The van der Waals surface area contributed by atoms with E-state index >= 15 is 0 Å². The van der Waals surface area contributed by atoms with Gasteiger partial charge in [-0.15, -0.1) is 0 Å². The van der Waals surface area contributed by atoms with E-state index in [2.05, 4.69) is 43.6 Å². The Balaban J connectivity index is 1.33. The highest BCUT2D eigenvalue weighted by Gasteiger charge is 2.52. The van der Waals surface area contributed by atoms with Crippen LogP contribution in [0.1, 0.15) is 107 Å². The van der Waals surface area contributed by atoms with E-state index in [1.165, 1.54) is 96.4 Å². The van der Waals surface area contributed by atoms with Crippen molar-refractivity contribution in [3.05, 3.63) is 35.4 Å². The first kappa shape index (κ1) is 21.4. The lowest BCUT2D eigenvalue weighted by molar-refractivity contribution is 0.0225. The van der Waals surface area contributed by atoms with Gasteiger partial charge in [0.1, 0.15) is 0 Å². The molecule has 0 saturated heterocycles. The third kappa shape index (κ3) is 4.76. The van der Waals surface area contributed by atoms with E-state index < -0.39 is 0 Å². The van der Waals surface area contributed by atoms with E-state index in [1.807, 2.05) is 0 Å². The van der Waals surface area contributed by atoms with Gasteiger partial charge in [0.15, 0.2) is 0 Å². The molecule has 0 bridgehead atoms. The molecule has 0 spiro atoms. The molecule has 3 aliphatic rings. The Bertz CT molecular complexity index is 637. The van der Waals surface area contributed by atoms with Crippen molar-refractivity contribution in [3.8, 4) is 0 Å². The van der Waals surface area contributed by atoms with Crippen LogP contribution in [0.4, 0.5) is 0 Å². The van der Waals surface area contributed by atoms with E-state index in [1.54, 1.807) is 11.1 Å². The van der Waals surface area contributed by atoms with Gasteiger partial charge in [-0.25, -0.2) is 0 Å². The van der Waals surface area contributed by atoms with Crippen molar-refractivity contribution in [2.45, 2.75) is 103 Å². The predicted octanol–water partition coefficient (Wildman–Crippen LogP) is 7.50. The zero-order valence-corrected chi connectivity index (χ0v) is 19.2. The minimum absolute atomic E-state index is 0.666. The molecule has 1 aromatic rings. The molecule has 2 saturated carbocycles. The van der Waals surface area contributed by atoms with E-state index in [0.29, 0.717) is 5.41 Å². The van der Waals surface area contributed by atoms with Crippen LogP contribution in [-0.4, -0.2) is 13.6 Å². The van der Waals surface area contributed by atoms with E-state index in [0.717, 1.165) is 23.7 Å². The van der Waals surface area contributed by atoms with Gasteiger partial charge in [0.25, 0.3) is 0 Å². The van der Waals surface area contributed by atoms with Crippen molar-refractivity contribution >= 4 is 0 Å². The molecule has 0 aromatic heterocycles. The smallest absolute Gasteiger partial charge is 0.00519 e. The van der Waals surface area contributed by atoms with Crippen LogP contribution in [0.3, 0.4) is 0 Å². The molecule has 1 aromatic carbocycles. The molecule has 4 rings (SSSR count). The molecule has 1 heteroatoms. The standard InChI is InChI=1S/C28H45N/c1-28-18-12-16-26(28)27-23(14-8-6-4-3-5-7-11-20-29-2)21-22-13-9-10-15-24(22)25(27)17-19-28/h9-10,13,15,23,25-27,29H,3-8,11-12,14,16-21H2,1-2H3/t23-,25-,26+,27-,28+/m1/s1. The van der Waals surface area contributed by atoms with Gasteiger partial charge in [-0.2, -0.15) is 0 Å². The second-order valence-electron chi connectivity index (χ2n) is 10.9. The van der Waals surface area contributed by atoms with Gasteiger partial charge in [0.2, 0.25) is 0 Å². The minimum atomic E-state index is 0.666. The normalized spacial score (nSPS) is 33.2. The summed E-state index contributed by atoms with van der Waals surface area (Å²) in [5.41, 5.74) is 4.10. The summed E-state index contributed by atoms with van der Waals surface area (Å²) >= 11 is 0. The Kier molecular flexibility index (Phi) is 7.38. The highest BCUT2D eigenvalue weighted by Crippen LogP contribution is 2.62. The fourth-order valence-electron chi connectivity index (χ4n) is 7.59. The average Bonchev–Trinajstić information content (AvgIpc) is 3.14. The summed E-state index contributed by atoms with van der Waals surface area (Å²) < 4.78 is 0. The molecule has 5 atom stereocenters. The maximum absolute atomic E-state index is 3.26. The molecule has 162 valence electrons. The van der Waals surface area contributed by atoms with Crippen LogP contribution >= 0.6 is 0 Å². The van der Waals surface area contributed by atoms with Crippen molar-refractivity contribution in [2.24, 2.45) is 23.2 Å². The summed E-state index contributed by atoms with van der Waals surface area (Å²) in [4.78, 5) is 0. The third-order valence-electron chi connectivity index (χ3n) is 9.10. The quantitative estimate of drug-likeness (QED) is 0.404. The van der Waals surface area contributed by atoms with Crippen LogP contribution < -0.4 is 5.32 Å². The first-order valence-corrected chi connectivity index (χ1v) is 13.0.